The van der Waals surface area contributed by atoms with Crippen LogP contribution in [0.15, 0.2) is 81.1 Å². The molecule has 1 N–H and O–H groups in total. The van der Waals surface area contributed by atoms with Gasteiger partial charge in [0, 0.05) is 16.6 Å². The van der Waals surface area contributed by atoms with E-state index < -0.39 is 77.1 Å². The zero-order chi connectivity index (χ0) is 31.8. The fraction of sp³-hybridized carbons (Fsp3) is 0.345. The second-order valence-electron chi connectivity index (χ2n) is 11.4. The van der Waals surface area contributed by atoms with Gasteiger partial charge in [-0.15, -0.1) is 7.77 Å². The smallest absolute Gasteiger partial charge is 0.338 e. The van der Waals surface area contributed by atoms with Crippen LogP contribution < -0.4 is 0 Å². The van der Waals surface area contributed by atoms with Gasteiger partial charge in [0.25, 0.3) is 0 Å². The maximum absolute atomic E-state index is 13.6. The highest BCUT2D eigenvalue weighted by Crippen LogP contribution is 2.65. The summed E-state index contributed by atoms with van der Waals surface area (Å²) in [6, 6.07) is 7.85. The first-order valence-corrected chi connectivity index (χ1v) is 15.8. The Labute approximate surface area is 246 Å². The van der Waals surface area contributed by atoms with Crippen LogP contribution in [-0.4, -0.2) is 58.0 Å². The average Bonchev–Trinajstić information content (AvgIpc) is 3.71. The summed E-state index contributed by atoms with van der Waals surface area (Å²) < 4.78 is 82.5. The summed E-state index contributed by atoms with van der Waals surface area (Å²) in [6.07, 6.45) is 1.32. The first-order valence-electron chi connectivity index (χ1n) is 13.0. The number of esters is 2. The van der Waals surface area contributed by atoms with Crippen LogP contribution in [0.3, 0.4) is 0 Å². The molecule has 1 spiro atoms. The fourth-order valence-electron chi connectivity index (χ4n) is 5.93. The minimum atomic E-state index is -5.01. The van der Waals surface area contributed by atoms with Crippen molar-refractivity contribution in [3.8, 4) is 0 Å². The molecule has 5 rings (SSSR count). The van der Waals surface area contributed by atoms with Crippen LogP contribution in [0.25, 0.3) is 0 Å². The SMILES string of the molecule is CC1=C2C(=C[C@@](C)(COC(=O)c3ccc(S(=O)(=O)F)cc3)[C@@H]2OC(=O)c2ccc(S(=O)(=O)F)cc2)C(=O)[C@](C)(O)C12CC2. The van der Waals surface area contributed by atoms with E-state index in [9.17, 15) is 44.1 Å². The number of benzene rings is 2. The van der Waals surface area contributed by atoms with Gasteiger partial charge in [-0.25, -0.2) is 9.59 Å². The number of aliphatic hydroxyl groups is 1. The number of halogens is 2. The molecule has 0 aliphatic heterocycles. The Morgan fingerprint density at radius 2 is 1.35 bits per heavy atom. The zero-order valence-electron chi connectivity index (χ0n) is 23.1. The lowest BCUT2D eigenvalue weighted by atomic mass is 9.67. The Hall–Kier alpha value is -3.75. The quantitative estimate of drug-likeness (QED) is 0.350. The summed E-state index contributed by atoms with van der Waals surface area (Å²) in [7, 11) is -9.99. The molecule has 3 aliphatic carbocycles. The molecule has 0 aromatic heterocycles. The third-order valence-electron chi connectivity index (χ3n) is 8.60. The van der Waals surface area contributed by atoms with Crippen molar-refractivity contribution in [1.29, 1.82) is 0 Å². The molecule has 228 valence electrons. The molecular weight excluding hydrogens is 610 g/mol. The monoisotopic (exact) mass is 636 g/mol. The molecule has 1 saturated carbocycles. The molecule has 2 aromatic carbocycles. The number of fused-ring (bicyclic) bond motifs is 1. The standard InChI is InChI=1S/C29H26F2O10S2/c1-16-22-21(23(32)28(3,35)29(16)12-13-29)14-27(2,15-40-25(33)17-4-8-19(9-5-17)42(30,36)37)24(22)41-26(34)18-6-10-20(11-7-18)43(31,38)39/h4-11,14,24,35H,12-13,15H2,1-3H3/t24-,27+,28+/m1/s1. The zero-order valence-corrected chi connectivity index (χ0v) is 24.7. The number of ether oxygens (including phenoxy) is 2. The van der Waals surface area contributed by atoms with Crippen molar-refractivity contribution in [2.24, 2.45) is 10.8 Å². The molecule has 43 heavy (non-hydrogen) atoms. The van der Waals surface area contributed by atoms with Crippen molar-refractivity contribution in [3.63, 3.8) is 0 Å². The minimum Gasteiger partial charge on any atom is -0.461 e. The van der Waals surface area contributed by atoms with E-state index in [2.05, 4.69) is 0 Å². The first kappa shape index (κ1) is 30.7. The summed E-state index contributed by atoms with van der Waals surface area (Å²) in [6.45, 7) is 4.30. The van der Waals surface area contributed by atoms with E-state index in [1.165, 1.54) is 13.0 Å². The topological polar surface area (TPSA) is 158 Å². The Morgan fingerprint density at radius 1 is 0.884 bits per heavy atom. The fourth-order valence-corrected chi connectivity index (χ4v) is 6.85. The molecule has 0 radical (unpaired) electrons. The van der Waals surface area contributed by atoms with Gasteiger partial charge in [-0.2, -0.15) is 16.8 Å². The van der Waals surface area contributed by atoms with Crippen LogP contribution in [-0.2, 0) is 34.7 Å². The number of ketones is 1. The van der Waals surface area contributed by atoms with Gasteiger partial charge in [0.2, 0.25) is 0 Å². The highest BCUT2D eigenvalue weighted by Gasteiger charge is 2.67. The third kappa shape index (κ3) is 5.10. The molecule has 2 aromatic rings. The van der Waals surface area contributed by atoms with Gasteiger partial charge in [0.05, 0.1) is 26.3 Å². The van der Waals surface area contributed by atoms with Gasteiger partial charge in [-0.3, -0.25) is 4.79 Å². The summed E-state index contributed by atoms with van der Waals surface area (Å²) in [5, 5.41) is 11.2. The summed E-state index contributed by atoms with van der Waals surface area (Å²) in [5.41, 5.74) is -3.03. The predicted molar refractivity (Wildman–Crippen MR) is 145 cm³/mol. The highest BCUT2D eigenvalue weighted by molar-refractivity contribution is 7.86. The van der Waals surface area contributed by atoms with Gasteiger partial charge in [-0.05, 0) is 82.1 Å². The second kappa shape index (κ2) is 9.89. The number of hydrogen-bond acceptors (Lipinski definition) is 10. The van der Waals surface area contributed by atoms with Crippen LogP contribution in [0.5, 0.6) is 0 Å². The van der Waals surface area contributed by atoms with Gasteiger partial charge in [-0.1, -0.05) is 11.6 Å². The molecule has 0 unspecified atom stereocenters. The molecule has 10 nitrogen and oxygen atoms in total. The van der Waals surface area contributed by atoms with Crippen LogP contribution in [0.2, 0.25) is 0 Å². The van der Waals surface area contributed by atoms with Gasteiger partial charge >= 0.3 is 32.4 Å². The molecule has 0 heterocycles. The van der Waals surface area contributed by atoms with Gasteiger partial charge < -0.3 is 14.6 Å². The van der Waals surface area contributed by atoms with E-state index >= 15 is 0 Å². The maximum atomic E-state index is 13.6. The number of carbonyl (C=O) groups excluding carboxylic acids is 3. The minimum absolute atomic E-state index is 0.0955. The van der Waals surface area contributed by atoms with Crippen molar-refractivity contribution >= 4 is 38.2 Å². The molecule has 14 heteroatoms. The van der Waals surface area contributed by atoms with Gasteiger partial charge in [0.15, 0.2) is 5.78 Å². The average molecular weight is 637 g/mol. The van der Waals surface area contributed by atoms with Gasteiger partial charge in [0.1, 0.15) is 18.3 Å². The molecular formula is C29H26F2O10S2. The van der Waals surface area contributed by atoms with Crippen molar-refractivity contribution < 1.29 is 53.6 Å². The van der Waals surface area contributed by atoms with E-state index in [4.69, 9.17) is 9.47 Å². The Balaban J connectivity index is 1.48. The van der Waals surface area contributed by atoms with E-state index in [-0.39, 0.29) is 16.7 Å². The van der Waals surface area contributed by atoms with Crippen LogP contribution in [0.1, 0.15) is 54.3 Å². The summed E-state index contributed by atoms with van der Waals surface area (Å²) >= 11 is 0. The van der Waals surface area contributed by atoms with E-state index in [0.29, 0.717) is 24.0 Å². The van der Waals surface area contributed by atoms with E-state index in [1.807, 2.05) is 0 Å². The molecule has 3 aliphatic rings. The van der Waals surface area contributed by atoms with E-state index in [0.717, 1.165) is 48.5 Å². The highest BCUT2D eigenvalue weighted by atomic mass is 32.3. The lowest BCUT2D eigenvalue weighted by molar-refractivity contribution is -0.138. The van der Waals surface area contributed by atoms with Crippen molar-refractivity contribution in [2.45, 2.75) is 55.1 Å². The Bertz CT molecular complexity index is 1840. The second-order valence-corrected chi connectivity index (χ2v) is 14.1. The Kier molecular flexibility index (Phi) is 7.06. The molecule has 0 saturated heterocycles. The largest absolute Gasteiger partial charge is 0.461 e. The predicted octanol–water partition coefficient (Wildman–Crippen LogP) is 3.76. The number of hydrogen-bond donors (Lipinski definition) is 1. The van der Waals surface area contributed by atoms with Crippen LogP contribution in [0, 0.1) is 10.8 Å². The summed E-state index contributed by atoms with van der Waals surface area (Å²) in [4.78, 5) is 38.3. The maximum Gasteiger partial charge on any atom is 0.338 e. The normalized spacial score (nSPS) is 26.1. The van der Waals surface area contributed by atoms with Crippen LogP contribution in [0.4, 0.5) is 7.77 Å². The summed E-state index contributed by atoms with van der Waals surface area (Å²) in [5.74, 6) is -2.42. The molecule has 3 atom stereocenters. The van der Waals surface area contributed by atoms with Crippen molar-refractivity contribution in [3.05, 3.63) is 82.5 Å². The molecule has 0 amide bonds. The van der Waals surface area contributed by atoms with Crippen molar-refractivity contribution in [2.75, 3.05) is 6.61 Å². The lowest BCUT2D eigenvalue weighted by Gasteiger charge is -2.40. The first-order chi connectivity index (χ1) is 19.8. The van der Waals surface area contributed by atoms with Crippen molar-refractivity contribution in [1.82, 2.24) is 0 Å². The number of rotatable bonds is 7. The van der Waals surface area contributed by atoms with E-state index in [1.54, 1.807) is 13.8 Å². The van der Waals surface area contributed by atoms with Crippen LogP contribution >= 0.6 is 0 Å². The number of Topliss-reactive ketones (excluding diaryl/α,β-unsaturated/α-hetero) is 1. The molecule has 0 bridgehead atoms. The Morgan fingerprint density at radius 3 is 1.79 bits per heavy atom. The lowest BCUT2D eigenvalue weighted by Crippen LogP contribution is -2.50. The molecule has 1 fully saturated rings. The third-order valence-corrected chi connectivity index (χ3v) is 10.3. The number of carbonyl (C=O) groups is 3.